The molecule has 1 unspecified atom stereocenters. The number of primary amides is 1. The molecule has 1 aliphatic heterocycles. The first-order valence-electron chi connectivity index (χ1n) is 8.18. The van der Waals surface area contributed by atoms with E-state index in [-0.39, 0.29) is 19.0 Å². The molecule has 0 saturated heterocycles. The highest BCUT2D eigenvalue weighted by atomic mass is 16.5. The Labute approximate surface area is 145 Å². The van der Waals surface area contributed by atoms with Crippen molar-refractivity contribution in [2.75, 3.05) is 24.5 Å². The number of benzene rings is 1. The molecule has 2 N–H and O–H groups in total. The molecule has 1 aromatic heterocycles. The van der Waals surface area contributed by atoms with Crippen molar-refractivity contribution in [3.63, 3.8) is 0 Å². The van der Waals surface area contributed by atoms with Crippen molar-refractivity contribution in [1.82, 2.24) is 4.90 Å². The molecule has 7 nitrogen and oxygen atoms in total. The zero-order chi connectivity index (χ0) is 17.8. The minimum absolute atomic E-state index is 0.115. The molecule has 132 valence electrons. The van der Waals surface area contributed by atoms with Gasteiger partial charge < -0.3 is 19.8 Å². The van der Waals surface area contributed by atoms with Crippen LogP contribution in [-0.2, 0) is 16.1 Å². The number of hydrogen-bond acceptors (Lipinski definition) is 5. The maximum Gasteiger partial charge on any atom is 0.260 e. The number of nitrogens with two attached hydrogens (primary N) is 1. The number of furan rings is 1. The second kappa shape index (κ2) is 7.40. The molecule has 1 atom stereocenters. The summed E-state index contributed by atoms with van der Waals surface area (Å²) in [5.41, 5.74) is 6.03. The van der Waals surface area contributed by atoms with E-state index in [4.69, 9.17) is 14.9 Å². The van der Waals surface area contributed by atoms with Gasteiger partial charge in [0.05, 0.1) is 31.6 Å². The number of hydrogen-bond donors (Lipinski definition) is 1. The first-order chi connectivity index (χ1) is 12.1. The van der Waals surface area contributed by atoms with E-state index < -0.39 is 12.0 Å². The van der Waals surface area contributed by atoms with Gasteiger partial charge in [-0.3, -0.25) is 14.5 Å². The summed E-state index contributed by atoms with van der Waals surface area (Å²) in [6.07, 6.45) is 0.764. The number of nitrogens with zero attached hydrogens (tertiary/aromatic N) is 2. The summed E-state index contributed by atoms with van der Waals surface area (Å²) in [5, 5.41) is 0. The van der Waals surface area contributed by atoms with Gasteiger partial charge in [0.25, 0.3) is 5.91 Å². The number of likely N-dealkylation sites (N-methyl/N-ethyl adjacent to an activating group) is 1. The van der Waals surface area contributed by atoms with Crippen LogP contribution in [0.25, 0.3) is 0 Å². The average Bonchev–Trinajstić information content (AvgIpc) is 3.13. The molecule has 0 radical (unpaired) electrons. The van der Waals surface area contributed by atoms with Crippen LogP contribution < -0.4 is 15.4 Å². The summed E-state index contributed by atoms with van der Waals surface area (Å²) in [6, 6.07) is 10.8. The monoisotopic (exact) mass is 343 g/mol. The van der Waals surface area contributed by atoms with E-state index >= 15 is 0 Å². The molecule has 1 aliphatic rings. The second-order valence-electron chi connectivity index (χ2n) is 5.86. The Kier molecular flexibility index (Phi) is 5.04. The topological polar surface area (TPSA) is 89.0 Å². The van der Waals surface area contributed by atoms with Crippen LogP contribution in [-0.4, -0.2) is 42.5 Å². The summed E-state index contributed by atoms with van der Waals surface area (Å²) in [6.45, 7) is 3.54. The second-order valence-corrected chi connectivity index (χ2v) is 5.86. The number of anilines is 1. The van der Waals surface area contributed by atoms with Crippen molar-refractivity contribution in [3.05, 3.63) is 48.4 Å². The first kappa shape index (κ1) is 17.0. The standard InChI is InChI=1S/C18H21N3O4/c1-2-20(10-13-6-5-9-24-13)12-17(22)21-11-16(18(19)23)25-15-8-4-3-7-14(15)21/h3-9,16H,2,10-12H2,1H3,(H2,19,23). The van der Waals surface area contributed by atoms with Gasteiger partial charge in [-0.1, -0.05) is 19.1 Å². The predicted octanol–water partition coefficient (Wildman–Crippen LogP) is 1.38. The molecule has 1 aromatic carbocycles. The SMILES string of the molecule is CCN(CC(=O)N1CC(C(N)=O)Oc2ccccc21)Cc1ccco1. The van der Waals surface area contributed by atoms with Gasteiger partial charge in [-0.25, -0.2) is 0 Å². The van der Waals surface area contributed by atoms with Crippen molar-refractivity contribution in [1.29, 1.82) is 0 Å². The van der Waals surface area contributed by atoms with Crippen molar-refractivity contribution in [2.24, 2.45) is 5.73 Å². The lowest BCUT2D eigenvalue weighted by Gasteiger charge is -2.34. The van der Waals surface area contributed by atoms with Crippen LogP contribution in [0, 0.1) is 0 Å². The van der Waals surface area contributed by atoms with E-state index in [1.54, 1.807) is 29.4 Å². The van der Waals surface area contributed by atoms with Crippen LogP contribution >= 0.6 is 0 Å². The average molecular weight is 343 g/mol. The fourth-order valence-electron chi connectivity index (χ4n) is 2.80. The molecular formula is C18H21N3O4. The lowest BCUT2D eigenvalue weighted by Crippen LogP contribution is -2.51. The molecule has 7 heteroatoms. The summed E-state index contributed by atoms with van der Waals surface area (Å²) in [7, 11) is 0. The highest BCUT2D eigenvalue weighted by molar-refractivity contribution is 5.98. The highest BCUT2D eigenvalue weighted by Gasteiger charge is 2.33. The lowest BCUT2D eigenvalue weighted by atomic mass is 10.1. The van der Waals surface area contributed by atoms with Gasteiger partial charge in [0.1, 0.15) is 11.5 Å². The number of para-hydroxylation sites is 2. The Morgan fingerprint density at radius 3 is 2.76 bits per heavy atom. The summed E-state index contributed by atoms with van der Waals surface area (Å²) in [4.78, 5) is 28.0. The van der Waals surface area contributed by atoms with Crippen molar-refractivity contribution in [3.8, 4) is 5.75 Å². The molecule has 25 heavy (non-hydrogen) atoms. The van der Waals surface area contributed by atoms with E-state index in [1.807, 2.05) is 30.0 Å². The fraction of sp³-hybridized carbons (Fsp3) is 0.333. The predicted molar refractivity (Wildman–Crippen MR) is 92.1 cm³/mol. The molecule has 2 aromatic rings. The smallest absolute Gasteiger partial charge is 0.260 e. The van der Waals surface area contributed by atoms with Crippen LogP contribution in [0.15, 0.2) is 47.1 Å². The largest absolute Gasteiger partial charge is 0.477 e. The number of carbonyl (C=O) groups excluding carboxylic acids is 2. The number of ether oxygens (including phenoxy) is 1. The van der Waals surface area contributed by atoms with Gasteiger partial charge in [-0.15, -0.1) is 0 Å². The Bertz CT molecular complexity index is 745. The first-order valence-corrected chi connectivity index (χ1v) is 8.18. The van der Waals surface area contributed by atoms with Gasteiger partial charge in [0.2, 0.25) is 5.91 Å². The minimum Gasteiger partial charge on any atom is -0.477 e. The van der Waals surface area contributed by atoms with E-state index in [0.29, 0.717) is 24.5 Å². The molecule has 0 saturated carbocycles. The Hall–Kier alpha value is -2.80. The number of fused-ring (bicyclic) bond motifs is 1. The lowest BCUT2D eigenvalue weighted by molar-refractivity contribution is -0.125. The van der Waals surface area contributed by atoms with E-state index in [0.717, 1.165) is 5.76 Å². The molecule has 0 fully saturated rings. The minimum atomic E-state index is -0.848. The quantitative estimate of drug-likeness (QED) is 0.856. The van der Waals surface area contributed by atoms with E-state index in [9.17, 15) is 9.59 Å². The third-order valence-corrected chi connectivity index (χ3v) is 4.16. The summed E-state index contributed by atoms with van der Waals surface area (Å²) < 4.78 is 10.9. The van der Waals surface area contributed by atoms with Gasteiger partial charge in [0, 0.05) is 0 Å². The van der Waals surface area contributed by atoms with Crippen molar-refractivity contribution < 1.29 is 18.7 Å². The van der Waals surface area contributed by atoms with Gasteiger partial charge in [0.15, 0.2) is 6.10 Å². The zero-order valence-corrected chi connectivity index (χ0v) is 14.1. The van der Waals surface area contributed by atoms with Gasteiger partial charge in [-0.05, 0) is 30.8 Å². The maximum atomic E-state index is 12.9. The third-order valence-electron chi connectivity index (χ3n) is 4.16. The van der Waals surface area contributed by atoms with Crippen LogP contribution in [0.5, 0.6) is 5.75 Å². The van der Waals surface area contributed by atoms with Crippen molar-refractivity contribution in [2.45, 2.75) is 19.6 Å². The number of rotatable bonds is 6. The fourth-order valence-corrected chi connectivity index (χ4v) is 2.80. The molecule has 3 rings (SSSR count). The zero-order valence-electron chi connectivity index (χ0n) is 14.1. The molecular weight excluding hydrogens is 322 g/mol. The van der Waals surface area contributed by atoms with Crippen LogP contribution in [0.3, 0.4) is 0 Å². The Morgan fingerprint density at radius 1 is 1.28 bits per heavy atom. The summed E-state index contributed by atoms with van der Waals surface area (Å²) in [5.74, 6) is 0.581. The Morgan fingerprint density at radius 2 is 2.08 bits per heavy atom. The van der Waals surface area contributed by atoms with Gasteiger partial charge >= 0.3 is 0 Å². The van der Waals surface area contributed by atoms with Crippen LogP contribution in [0.4, 0.5) is 5.69 Å². The van der Waals surface area contributed by atoms with Crippen LogP contribution in [0.1, 0.15) is 12.7 Å². The normalized spacial score (nSPS) is 16.4. The molecule has 0 aliphatic carbocycles. The highest BCUT2D eigenvalue weighted by Crippen LogP contribution is 2.33. The number of carbonyl (C=O) groups is 2. The maximum absolute atomic E-state index is 12.9. The van der Waals surface area contributed by atoms with E-state index in [1.165, 1.54) is 0 Å². The Balaban J connectivity index is 1.76. The van der Waals surface area contributed by atoms with Gasteiger partial charge in [-0.2, -0.15) is 0 Å². The molecule has 0 spiro atoms. The molecule has 2 amide bonds. The third kappa shape index (κ3) is 3.83. The molecule has 0 bridgehead atoms. The van der Waals surface area contributed by atoms with Crippen molar-refractivity contribution >= 4 is 17.5 Å². The van der Waals surface area contributed by atoms with Crippen LogP contribution in [0.2, 0.25) is 0 Å². The van der Waals surface area contributed by atoms with E-state index in [2.05, 4.69) is 0 Å². The molecule has 2 heterocycles. The number of amides is 2. The summed E-state index contributed by atoms with van der Waals surface area (Å²) >= 11 is 0.